The minimum Gasteiger partial charge on any atom is -0.377 e. The fraction of sp³-hybridized carbons (Fsp3) is 0.929. The summed E-state index contributed by atoms with van der Waals surface area (Å²) < 4.78 is 5.90. The molecule has 0 aromatic rings. The van der Waals surface area contributed by atoms with Crippen LogP contribution in [0.5, 0.6) is 0 Å². The molecule has 0 spiro atoms. The van der Waals surface area contributed by atoms with Gasteiger partial charge in [-0.05, 0) is 25.3 Å². The smallest absolute Gasteiger partial charge is 0.221 e. The third-order valence-electron chi connectivity index (χ3n) is 3.46. The molecule has 114 valence electrons. The van der Waals surface area contributed by atoms with Gasteiger partial charge in [-0.25, -0.2) is 0 Å². The molecule has 1 aliphatic heterocycles. The van der Waals surface area contributed by atoms with Gasteiger partial charge in [0.15, 0.2) is 0 Å². The number of rotatable bonds is 5. The Morgan fingerprint density at radius 1 is 1.37 bits per heavy atom. The Bertz CT molecular complexity index is 267. The maximum absolute atomic E-state index is 11.6. The lowest BCUT2D eigenvalue weighted by Gasteiger charge is -2.40. The zero-order valence-corrected chi connectivity index (χ0v) is 13.4. The van der Waals surface area contributed by atoms with E-state index in [2.05, 4.69) is 31.4 Å². The van der Waals surface area contributed by atoms with Crippen LogP contribution in [0.4, 0.5) is 0 Å². The maximum atomic E-state index is 11.6. The summed E-state index contributed by atoms with van der Waals surface area (Å²) in [5, 5.41) is 6.01. The molecular weight excluding hydrogens is 264 g/mol. The lowest BCUT2D eigenvalue weighted by molar-refractivity contribution is -0.122. The molecule has 1 aliphatic rings. The second kappa shape index (κ2) is 8.77. The van der Waals surface area contributed by atoms with Crippen molar-refractivity contribution in [2.24, 2.45) is 11.3 Å². The van der Waals surface area contributed by atoms with E-state index in [1.54, 1.807) is 0 Å². The van der Waals surface area contributed by atoms with E-state index < -0.39 is 0 Å². The first kappa shape index (κ1) is 18.7. The first-order valence-corrected chi connectivity index (χ1v) is 6.98. The highest BCUT2D eigenvalue weighted by molar-refractivity contribution is 5.85. The first-order valence-electron chi connectivity index (χ1n) is 6.98. The molecule has 1 rings (SSSR count). The number of halogens is 1. The van der Waals surface area contributed by atoms with E-state index >= 15 is 0 Å². The highest BCUT2D eigenvalue weighted by Crippen LogP contribution is 2.33. The van der Waals surface area contributed by atoms with Crippen LogP contribution in [-0.4, -0.2) is 38.8 Å². The fourth-order valence-corrected chi connectivity index (χ4v) is 2.58. The number of ether oxygens (including phenoxy) is 1. The molecule has 2 N–H and O–H groups in total. The molecule has 4 nitrogen and oxygen atoms in total. The summed E-state index contributed by atoms with van der Waals surface area (Å²) in [5.41, 5.74) is 0.140. The largest absolute Gasteiger partial charge is 0.377 e. The quantitative estimate of drug-likeness (QED) is 0.815. The minimum atomic E-state index is 0. The average molecular weight is 293 g/mol. The summed E-state index contributed by atoms with van der Waals surface area (Å²) in [4.78, 5) is 11.6. The predicted octanol–water partition coefficient (Wildman–Crippen LogP) is 1.98. The van der Waals surface area contributed by atoms with Gasteiger partial charge in [0.05, 0.1) is 6.10 Å². The van der Waals surface area contributed by atoms with Crippen molar-refractivity contribution in [2.45, 2.75) is 46.1 Å². The van der Waals surface area contributed by atoms with Crippen molar-refractivity contribution in [3.8, 4) is 0 Å². The van der Waals surface area contributed by atoms with Gasteiger partial charge < -0.3 is 15.4 Å². The summed E-state index contributed by atoms with van der Waals surface area (Å²) in [7, 11) is 1.86. The van der Waals surface area contributed by atoms with E-state index in [9.17, 15) is 4.79 Å². The van der Waals surface area contributed by atoms with Crippen LogP contribution in [0.15, 0.2) is 0 Å². The lowest BCUT2D eigenvalue weighted by Crippen LogP contribution is -2.45. The molecule has 1 saturated heterocycles. The summed E-state index contributed by atoms with van der Waals surface area (Å²) in [6.45, 7) is 8.95. The Labute approximate surface area is 123 Å². The van der Waals surface area contributed by atoms with Crippen LogP contribution in [0.25, 0.3) is 0 Å². The van der Waals surface area contributed by atoms with Gasteiger partial charge in [-0.15, -0.1) is 12.4 Å². The maximum Gasteiger partial charge on any atom is 0.221 e. The number of carbonyl (C=O) groups is 1. The number of hydrogen-bond donors (Lipinski definition) is 2. The molecule has 0 radical (unpaired) electrons. The van der Waals surface area contributed by atoms with Crippen molar-refractivity contribution < 1.29 is 9.53 Å². The molecule has 2 atom stereocenters. The highest BCUT2D eigenvalue weighted by atomic mass is 35.5. The van der Waals surface area contributed by atoms with E-state index in [-0.39, 0.29) is 29.8 Å². The first-order chi connectivity index (χ1) is 8.45. The molecule has 5 heteroatoms. The van der Waals surface area contributed by atoms with Gasteiger partial charge >= 0.3 is 0 Å². The predicted molar refractivity (Wildman–Crippen MR) is 80.7 cm³/mol. The monoisotopic (exact) mass is 292 g/mol. The van der Waals surface area contributed by atoms with Crippen LogP contribution >= 0.6 is 12.4 Å². The summed E-state index contributed by atoms with van der Waals surface area (Å²) in [6, 6.07) is 0. The van der Waals surface area contributed by atoms with Crippen molar-refractivity contribution in [1.29, 1.82) is 0 Å². The fourth-order valence-electron chi connectivity index (χ4n) is 2.58. The summed E-state index contributed by atoms with van der Waals surface area (Å²) >= 11 is 0. The summed E-state index contributed by atoms with van der Waals surface area (Å²) in [6.07, 6.45) is 3.04. The summed E-state index contributed by atoms with van der Waals surface area (Å²) in [5.74, 6) is 0.569. The number of amides is 1. The van der Waals surface area contributed by atoms with Gasteiger partial charge in [0, 0.05) is 32.0 Å². The van der Waals surface area contributed by atoms with Crippen molar-refractivity contribution in [3.05, 3.63) is 0 Å². The Morgan fingerprint density at radius 3 is 2.63 bits per heavy atom. The molecule has 19 heavy (non-hydrogen) atoms. The van der Waals surface area contributed by atoms with Gasteiger partial charge in [0.2, 0.25) is 5.91 Å². The van der Waals surface area contributed by atoms with Gasteiger partial charge in [-0.1, -0.05) is 20.8 Å². The third-order valence-corrected chi connectivity index (χ3v) is 3.46. The minimum absolute atomic E-state index is 0. The number of carbonyl (C=O) groups excluding carboxylic acids is 1. The van der Waals surface area contributed by atoms with Crippen LogP contribution in [0.1, 0.15) is 40.0 Å². The zero-order chi connectivity index (χ0) is 13.6. The van der Waals surface area contributed by atoms with Crippen molar-refractivity contribution in [3.63, 3.8) is 0 Å². The second-order valence-electron chi connectivity index (χ2n) is 6.22. The molecule has 1 heterocycles. The van der Waals surface area contributed by atoms with Gasteiger partial charge in [0.1, 0.15) is 0 Å². The third kappa shape index (κ3) is 6.59. The van der Waals surface area contributed by atoms with Crippen molar-refractivity contribution in [1.82, 2.24) is 10.6 Å². The molecule has 0 aromatic carbocycles. The molecule has 2 unspecified atom stereocenters. The normalized spacial score (nSPS) is 23.6. The van der Waals surface area contributed by atoms with Crippen LogP contribution in [0.2, 0.25) is 0 Å². The van der Waals surface area contributed by atoms with Crippen LogP contribution < -0.4 is 10.6 Å². The average Bonchev–Trinajstić information content (AvgIpc) is 2.33. The zero-order valence-electron chi connectivity index (χ0n) is 12.6. The Balaban J connectivity index is 0.00000324. The van der Waals surface area contributed by atoms with E-state index in [1.165, 1.54) is 0 Å². The topological polar surface area (TPSA) is 50.4 Å². The number of hydrogen-bond acceptors (Lipinski definition) is 3. The van der Waals surface area contributed by atoms with Crippen molar-refractivity contribution in [2.75, 3.05) is 26.7 Å². The standard InChI is InChI=1S/C14H28N2O2.ClH/c1-14(2,3)13-11(6-5-9-18-13)10-16-12(17)7-8-15-4;/h11,13,15H,5-10H2,1-4H3,(H,16,17);1H. The molecular formula is C14H29ClN2O2. The van der Waals surface area contributed by atoms with E-state index in [0.717, 1.165) is 32.5 Å². The Hall–Kier alpha value is -0.320. The molecule has 0 aromatic heterocycles. The van der Waals surface area contributed by atoms with E-state index in [4.69, 9.17) is 4.74 Å². The Kier molecular flexibility index (Phi) is 8.62. The van der Waals surface area contributed by atoms with Crippen LogP contribution in [-0.2, 0) is 9.53 Å². The van der Waals surface area contributed by atoms with Crippen LogP contribution in [0, 0.1) is 11.3 Å². The Morgan fingerprint density at radius 2 is 2.05 bits per heavy atom. The molecule has 1 fully saturated rings. The molecule has 0 bridgehead atoms. The molecule has 0 aliphatic carbocycles. The van der Waals surface area contributed by atoms with Gasteiger partial charge in [-0.2, -0.15) is 0 Å². The van der Waals surface area contributed by atoms with E-state index in [1.807, 2.05) is 7.05 Å². The van der Waals surface area contributed by atoms with Crippen molar-refractivity contribution >= 4 is 18.3 Å². The molecule has 1 amide bonds. The number of nitrogens with one attached hydrogen (secondary N) is 2. The SMILES string of the molecule is CNCCC(=O)NCC1CCCOC1C(C)(C)C.Cl. The van der Waals surface area contributed by atoms with Gasteiger partial charge in [0.25, 0.3) is 0 Å². The van der Waals surface area contributed by atoms with Gasteiger partial charge in [-0.3, -0.25) is 4.79 Å². The second-order valence-corrected chi connectivity index (χ2v) is 6.22. The molecule has 0 saturated carbocycles. The highest BCUT2D eigenvalue weighted by Gasteiger charge is 2.35. The lowest BCUT2D eigenvalue weighted by atomic mass is 9.78. The van der Waals surface area contributed by atoms with E-state index in [0.29, 0.717) is 12.3 Å². The van der Waals surface area contributed by atoms with Crippen LogP contribution in [0.3, 0.4) is 0 Å².